The zero-order valence-electron chi connectivity index (χ0n) is 7.56. The van der Waals surface area contributed by atoms with E-state index in [1.54, 1.807) is 19.2 Å². The van der Waals surface area contributed by atoms with E-state index in [0.29, 0.717) is 29.4 Å². The van der Waals surface area contributed by atoms with Crippen LogP contribution < -0.4 is 5.73 Å². The first kappa shape index (κ1) is 8.49. The highest BCUT2D eigenvalue weighted by molar-refractivity contribution is 5.73. The molecule has 0 aromatic carbocycles. The lowest BCUT2D eigenvalue weighted by Gasteiger charge is -1.92. The molecule has 14 heavy (non-hydrogen) atoms. The normalized spacial score (nSPS) is 10.4. The third kappa shape index (κ3) is 1.26. The summed E-state index contributed by atoms with van der Waals surface area (Å²) in [6.45, 7) is 1.77. The number of hydrogen-bond donors (Lipinski definition) is 2. The van der Waals surface area contributed by atoms with E-state index >= 15 is 0 Å². The van der Waals surface area contributed by atoms with Gasteiger partial charge in [-0.1, -0.05) is 0 Å². The number of aromatic amines is 1. The van der Waals surface area contributed by atoms with Crippen LogP contribution in [-0.4, -0.2) is 26.0 Å². The predicted molar refractivity (Wildman–Crippen MR) is 50.2 cm³/mol. The SMILES string of the molecule is Cc1[nH]c(-n2ccc(N)n2)nc1C=O. The smallest absolute Gasteiger partial charge is 0.228 e. The first-order chi connectivity index (χ1) is 6.70. The van der Waals surface area contributed by atoms with Gasteiger partial charge in [0.1, 0.15) is 11.5 Å². The summed E-state index contributed by atoms with van der Waals surface area (Å²) in [7, 11) is 0. The molecule has 2 rings (SSSR count). The molecule has 0 unspecified atom stereocenters. The molecule has 2 heterocycles. The number of carbonyl (C=O) groups excluding carboxylic acids is 1. The molecule has 72 valence electrons. The lowest BCUT2D eigenvalue weighted by molar-refractivity contribution is 0.111. The number of aryl methyl sites for hydroxylation is 1. The second-order valence-electron chi connectivity index (χ2n) is 2.87. The largest absolute Gasteiger partial charge is 0.382 e. The highest BCUT2D eigenvalue weighted by Crippen LogP contribution is 2.07. The van der Waals surface area contributed by atoms with Crippen molar-refractivity contribution in [3.63, 3.8) is 0 Å². The molecule has 0 saturated heterocycles. The van der Waals surface area contributed by atoms with Crippen molar-refractivity contribution in [2.45, 2.75) is 6.92 Å². The van der Waals surface area contributed by atoms with Crippen LogP contribution in [0.5, 0.6) is 0 Å². The van der Waals surface area contributed by atoms with Crippen LogP contribution in [0.3, 0.4) is 0 Å². The van der Waals surface area contributed by atoms with E-state index in [4.69, 9.17) is 5.73 Å². The summed E-state index contributed by atoms with van der Waals surface area (Å²) < 4.78 is 1.48. The number of H-pyrrole nitrogens is 1. The summed E-state index contributed by atoms with van der Waals surface area (Å²) in [6, 6.07) is 1.65. The highest BCUT2D eigenvalue weighted by atomic mass is 16.1. The van der Waals surface area contributed by atoms with Crippen LogP contribution in [0.1, 0.15) is 16.2 Å². The number of nitrogens with zero attached hydrogens (tertiary/aromatic N) is 3. The summed E-state index contributed by atoms with van der Waals surface area (Å²) in [5.74, 6) is 0.896. The maximum Gasteiger partial charge on any atom is 0.228 e. The third-order valence-corrected chi connectivity index (χ3v) is 1.85. The summed E-state index contributed by atoms with van der Waals surface area (Å²) in [6.07, 6.45) is 2.37. The van der Waals surface area contributed by atoms with Crippen LogP contribution in [0.25, 0.3) is 5.95 Å². The Morgan fingerprint density at radius 1 is 1.64 bits per heavy atom. The van der Waals surface area contributed by atoms with Gasteiger partial charge in [0, 0.05) is 18.0 Å². The molecule has 0 saturated carbocycles. The van der Waals surface area contributed by atoms with E-state index in [0.717, 1.165) is 0 Å². The molecule has 0 aliphatic heterocycles. The van der Waals surface area contributed by atoms with E-state index in [1.807, 2.05) is 0 Å². The number of aldehydes is 1. The van der Waals surface area contributed by atoms with Crippen molar-refractivity contribution >= 4 is 12.1 Å². The van der Waals surface area contributed by atoms with Crippen molar-refractivity contribution in [2.24, 2.45) is 0 Å². The van der Waals surface area contributed by atoms with E-state index in [9.17, 15) is 4.79 Å². The van der Waals surface area contributed by atoms with E-state index in [-0.39, 0.29) is 0 Å². The molecule has 0 spiro atoms. The predicted octanol–water partition coefficient (Wildman–Crippen LogP) is 0.299. The fraction of sp³-hybridized carbons (Fsp3) is 0.125. The van der Waals surface area contributed by atoms with Crippen molar-refractivity contribution in [2.75, 3.05) is 5.73 Å². The standard InChI is InChI=1S/C8H9N5O/c1-5-6(4-14)11-8(10-5)13-3-2-7(9)12-13/h2-4H,1H3,(H2,9,12)(H,10,11). The maximum absolute atomic E-state index is 10.5. The zero-order valence-corrected chi connectivity index (χ0v) is 7.56. The lowest BCUT2D eigenvalue weighted by Crippen LogP contribution is -1.98. The Morgan fingerprint density at radius 3 is 2.93 bits per heavy atom. The number of nitrogens with two attached hydrogens (primary N) is 1. The summed E-state index contributed by atoms with van der Waals surface area (Å²) in [5.41, 5.74) is 6.55. The Bertz CT molecular complexity index is 470. The molecule has 3 N–H and O–H groups in total. The molecule has 6 heteroatoms. The molecular formula is C8H9N5O. The Labute approximate surface area is 79.8 Å². The second-order valence-corrected chi connectivity index (χ2v) is 2.87. The molecular weight excluding hydrogens is 182 g/mol. The van der Waals surface area contributed by atoms with E-state index < -0.39 is 0 Å². The number of aromatic nitrogens is 4. The first-order valence-electron chi connectivity index (χ1n) is 4.04. The average Bonchev–Trinajstić information content (AvgIpc) is 2.71. The maximum atomic E-state index is 10.5. The fourth-order valence-electron chi connectivity index (χ4n) is 1.14. The van der Waals surface area contributed by atoms with Crippen molar-refractivity contribution < 1.29 is 4.79 Å². The number of hydrogen-bond acceptors (Lipinski definition) is 4. The fourth-order valence-corrected chi connectivity index (χ4v) is 1.14. The van der Waals surface area contributed by atoms with Crippen LogP contribution in [0, 0.1) is 6.92 Å². The first-order valence-corrected chi connectivity index (χ1v) is 4.04. The van der Waals surface area contributed by atoms with Crippen LogP contribution in [0.4, 0.5) is 5.82 Å². The van der Waals surface area contributed by atoms with Gasteiger partial charge in [0.25, 0.3) is 0 Å². The van der Waals surface area contributed by atoms with E-state index in [2.05, 4.69) is 15.1 Å². The molecule has 0 atom stereocenters. The minimum Gasteiger partial charge on any atom is -0.382 e. The number of nitrogen functional groups attached to an aromatic ring is 1. The van der Waals surface area contributed by atoms with Gasteiger partial charge in [-0.2, -0.15) is 0 Å². The van der Waals surface area contributed by atoms with Gasteiger partial charge in [-0.15, -0.1) is 5.10 Å². The number of rotatable bonds is 2. The van der Waals surface area contributed by atoms with Gasteiger partial charge in [0.15, 0.2) is 6.29 Å². The lowest BCUT2D eigenvalue weighted by atomic mass is 10.4. The van der Waals surface area contributed by atoms with Crippen LogP contribution in [0.15, 0.2) is 12.3 Å². The minimum atomic E-state index is 0.383. The summed E-state index contributed by atoms with van der Waals surface area (Å²) in [5, 5.41) is 3.95. The molecule has 0 amide bonds. The second kappa shape index (κ2) is 2.99. The molecule has 6 nitrogen and oxygen atoms in total. The molecule has 0 aliphatic rings. The van der Waals surface area contributed by atoms with Crippen LogP contribution in [-0.2, 0) is 0 Å². The highest BCUT2D eigenvalue weighted by Gasteiger charge is 2.07. The molecule has 2 aromatic heterocycles. The van der Waals surface area contributed by atoms with Gasteiger partial charge >= 0.3 is 0 Å². The molecule has 0 fully saturated rings. The molecule has 0 aliphatic carbocycles. The quantitative estimate of drug-likeness (QED) is 0.668. The topological polar surface area (TPSA) is 89.6 Å². The van der Waals surface area contributed by atoms with Gasteiger partial charge in [-0.05, 0) is 6.92 Å². The third-order valence-electron chi connectivity index (χ3n) is 1.85. The van der Waals surface area contributed by atoms with Gasteiger partial charge in [-0.3, -0.25) is 4.79 Å². The summed E-state index contributed by atoms with van der Waals surface area (Å²) >= 11 is 0. The van der Waals surface area contributed by atoms with E-state index in [1.165, 1.54) is 4.68 Å². The van der Waals surface area contributed by atoms with Crippen LogP contribution in [0.2, 0.25) is 0 Å². The van der Waals surface area contributed by atoms with Crippen molar-refractivity contribution in [3.8, 4) is 5.95 Å². The monoisotopic (exact) mass is 191 g/mol. The van der Waals surface area contributed by atoms with Gasteiger partial charge < -0.3 is 10.7 Å². The zero-order chi connectivity index (χ0) is 10.1. The Hall–Kier alpha value is -2.11. The Morgan fingerprint density at radius 2 is 2.43 bits per heavy atom. The number of carbonyl (C=O) groups is 1. The number of anilines is 1. The van der Waals surface area contributed by atoms with Crippen LogP contribution >= 0.6 is 0 Å². The molecule has 0 bridgehead atoms. The number of nitrogens with one attached hydrogen (secondary N) is 1. The van der Waals surface area contributed by atoms with Gasteiger partial charge in [0.2, 0.25) is 5.95 Å². The number of imidazole rings is 1. The Balaban J connectivity index is 2.47. The summed E-state index contributed by atoms with van der Waals surface area (Å²) in [4.78, 5) is 17.5. The minimum absolute atomic E-state index is 0.383. The average molecular weight is 191 g/mol. The molecule has 0 radical (unpaired) electrons. The van der Waals surface area contributed by atoms with Crippen molar-refractivity contribution in [1.29, 1.82) is 0 Å². The van der Waals surface area contributed by atoms with Crippen molar-refractivity contribution in [1.82, 2.24) is 19.7 Å². The van der Waals surface area contributed by atoms with Gasteiger partial charge in [0.05, 0.1) is 0 Å². The Kier molecular flexibility index (Phi) is 1.81. The van der Waals surface area contributed by atoms with Crippen molar-refractivity contribution in [3.05, 3.63) is 23.7 Å². The molecule has 2 aromatic rings. The van der Waals surface area contributed by atoms with Gasteiger partial charge in [-0.25, -0.2) is 9.67 Å².